The van der Waals surface area contributed by atoms with Gasteiger partial charge in [-0.25, -0.2) is 9.37 Å². The van der Waals surface area contributed by atoms with Crippen molar-refractivity contribution < 1.29 is 9.13 Å². The Morgan fingerprint density at radius 2 is 2.50 bits per heavy atom. The van der Waals surface area contributed by atoms with Crippen LogP contribution in [-0.2, 0) is 0 Å². The molecule has 2 aromatic heterocycles. The fourth-order valence-electron chi connectivity index (χ4n) is 1.31. The summed E-state index contributed by atoms with van der Waals surface area (Å²) in [6.07, 6.45) is 3.86. The Bertz CT molecular complexity index is 507. The molecule has 0 fully saturated rings. The van der Waals surface area contributed by atoms with Crippen LogP contribution in [0.4, 0.5) is 4.39 Å². The Balaban J connectivity index is 2.09. The number of nitrogens with one attached hydrogen (secondary N) is 1. The molecule has 16 heavy (non-hydrogen) atoms. The number of hydrogen-bond acceptors (Lipinski definition) is 3. The first-order valence-corrected chi connectivity index (χ1v) is 4.87. The third-order valence-electron chi connectivity index (χ3n) is 2.22. The first kappa shape index (κ1) is 10.6. The molecule has 0 aliphatic carbocycles. The Morgan fingerprint density at radius 3 is 3.25 bits per heavy atom. The number of nitrogens with two attached hydrogens (primary N) is 1. The topological polar surface area (TPSA) is 63.9 Å². The van der Waals surface area contributed by atoms with Crippen LogP contribution in [0.25, 0.3) is 11.0 Å². The van der Waals surface area contributed by atoms with E-state index in [1.807, 2.05) is 12.1 Å². The largest absolute Gasteiger partial charge is 0.487 e. The summed E-state index contributed by atoms with van der Waals surface area (Å²) < 4.78 is 17.6. The van der Waals surface area contributed by atoms with E-state index in [1.54, 1.807) is 12.4 Å². The van der Waals surface area contributed by atoms with Crippen LogP contribution in [0.1, 0.15) is 0 Å². The van der Waals surface area contributed by atoms with Gasteiger partial charge in [0.15, 0.2) is 0 Å². The second-order valence-corrected chi connectivity index (χ2v) is 3.35. The Morgan fingerprint density at radius 1 is 1.62 bits per heavy atom. The lowest BCUT2D eigenvalue weighted by atomic mass is 10.3. The number of nitrogens with zero attached hydrogens (tertiary/aromatic N) is 1. The van der Waals surface area contributed by atoms with Crippen molar-refractivity contribution in [3.05, 3.63) is 36.4 Å². The maximum absolute atomic E-state index is 12.2. The molecular formula is C11H12FN3O. The highest BCUT2D eigenvalue weighted by Crippen LogP contribution is 2.17. The van der Waals surface area contributed by atoms with Gasteiger partial charge in [0.2, 0.25) is 0 Å². The van der Waals surface area contributed by atoms with E-state index in [9.17, 15) is 4.39 Å². The van der Waals surface area contributed by atoms with Crippen molar-refractivity contribution in [3.63, 3.8) is 0 Å². The van der Waals surface area contributed by atoms with Gasteiger partial charge in [0.05, 0.1) is 12.5 Å². The van der Waals surface area contributed by atoms with Crippen molar-refractivity contribution in [2.45, 2.75) is 0 Å². The molecule has 0 unspecified atom stereocenters. The fraction of sp³-hybridized carbons (Fsp3) is 0.182. The van der Waals surface area contributed by atoms with Crippen LogP contribution in [0.3, 0.4) is 0 Å². The number of ether oxygens (including phenoxy) is 1. The molecule has 0 atom stereocenters. The van der Waals surface area contributed by atoms with E-state index in [0.717, 1.165) is 11.0 Å². The highest BCUT2D eigenvalue weighted by Gasteiger charge is 2.01. The van der Waals surface area contributed by atoms with Crippen LogP contribution in [0, 0.1) is 0 Å². The Kier molecular flexibility index (Phi) is 3.16. The minimum atomic E-state index is 0.143. The fourth-order valence-corrected chi connectivity index (χ4v) is 1.31. The van der Waals surface area contributed by atoms with Crippen LogP contribution in [-0.4, -0.2) is 23.1 Å². The normalized spacial score (nSPS) is 12.0. The average molecular weight is 221 g/mol. The zero-order valence-corrected chi connectivity index (χ0v) is 8.61. The minimum Gasteiger partial charge on any atom is -0.487 e. The quantitative estimate of drug-likeness (QED) is 0.826. The monoisotopic (exact) mass is 221 g/mol. The van der Waals surface area contributed by atoms with Crippen molar-refractivity contribution in [1.82, 2.24) is 9.97 Å². The summed E-state index contributed by atoms with van der Waals surface area (Å²) >= 11 is 0. The van der Waals surface area contributed by atoms with Gasteiger partial charge in [-0.3, -0.25) is 0 Å². The number of pyridine rings is 1. The molecule has 2 heterocycles. The lowest BCUT2D eigenvalue weighted by Crippen LogP contribution is -2.10. The van der Waals surface area contributed by atoms with E-state index in [4.69, 9.17) is 10.5 Å². The zero-order chi connectivity index (χ0) is 11.4. The zero-order valence-electron chi connectivity index (χ0n) is 8.61. The second-order valence-electron chi connectivity index (χ2n) is 3.35. The maximum atomic E-state index is 12.2. The summed E-state index contributed by atoms with van der Waals surface area (Å²) in [4.78, 5) is 7.12. The molecule has 0 aromatic carbocycles. The highest BCUT2D eigenvalue weighted by molar-refractivity contribution is 5.76. The third kappa shape index (κ3) is 2.20. The van der Waals surface area contributed by atoms with Crippen molar-refractivity contribution in [3.8, 4) is 5.75 Å². The SMILES string of the molecule is NC/C(=C/F)COc1cnc2[nH]ccc2c1. The van der Waals surface area contributed by atoms with Gasteiger partial charge in [0.1, 0.15) is 18.0 Å². The maximum Gasteiger partial charge on any atom is 0.138 e. The number of hydrogen-bond donors (Lipinski definition) is 2. The molecule has 0 saturated carbocycles. The lowest BCUT2D eigenvalue weighted by Gasteiger charge is -2.06. The van der Waals surface area contributed by atoms with E-state index in [0.29, 0.717) is 17.7 Å². The molecule has 84 valence electrons. The third-order valence-corrected chi connectivity index (χ3v) is 2.22. The number of halogens is 1. The number of aromatic nitrogens is 2. The molecule has 0 aliphatic rings. The van der Waals surface area contributed by atoms with E-state index in [1.165, 1.54) is 0 Å². The highest BCUT2D eigenvalue weighted by atomic mass is 19.1. The van der Waals surface area contributed by atoms with Crippen molar-refractivity contribution in [2.75, 3.05) is 13.2 Å². The van der Waals surface area contributed by atoms with E-state index < -0.39 is 0 Å². The standard InChI is InChI=1S/C11H12FN3O/c12-4-8(5-13)7-16-10-3-9-1-2-14-11(9)15-6-10/h1-4,6H,5,7,13H2,(H,14,15)/b8-4-. The number of H-pyrrole nitrogens is 1. The Hall–Kier alpha value is -1.88. The Labute approximate surface area is 91.9 Å². The molecule has 0 amide bonds. The molecule has 4 nitrogen and oxygen atoms in total. The molecule has 0 aliphatic heterocycles. The van der Waals surface area contributed by atoms with Crippen LogP contribution < -0.4 is 10.5 Å². The van der Waals surface area contributed by atoms with Crippen molar-refractivity contribution in [1.29, 1.82) is 0 Å². The van der Waals surface area contributed by atoms with Crippen LogP contribution in [0.5, 0.6) is 5.75 Å². The molecule has 5 heteroatoms. The smallest absolute Gasteiger partial charge is 0.138 e. The van der Waals surface area contributed by atoms with E-state index in [-0.39, 0.29) is 13.2 Å². The van der Waals surface area contributed by atoms with Crippen molar-refractivity contribution in [2.24, 2.45) is 5.73 Å². The van der Waals surface area contributed by atoms with Gasteiger partial charge in [0.25, 0.3) is 0 Å². The van der Waals surface area contributed by atoms with Crippen LogP contribution in [0.2, 0.25) is 0 Å². The van der Waals surface area contributed by atoms with Gasteiger partial charge >= 0.3 is 0 Å². The number of rotatable bonds is 4. The van der Waals surface area contributed by atoms with Gasteiger partial charge < -0.3 is 15.5 Å². The number of fused-ring (bicyclic) bond motifs is 1. The first-order chi connectivity index (χ1) is 7.83. The minimum absolute atomic E-state index is 0.143. The van der Waals surface area contributed by atoms with Gasteiger partial charge in [-0.1, -0.05) is 0 Å². The average Bonchev–Trinajstić information content (AvgIpc) is 2.77. The summed E-state index contributed by atoms with van der Waals surface area (Å²) in [7, 11) is 0. The van der Waals surface area contributed by atoms with Gasteiger partial charge in [-0.05, 0) is 12.1 Å². The molecule has 0 saturated heterocycles. The van der Waals surface area contributed by atoms with Gasteiger partial charge in [-0.2, -0.15) is 0 Å². The van der Waals surface area contributed by atoms with E-state index >= 15 is 0 Å². The molecule has 0 bridgehead atoms. The molecular weight excluding hydrogens is 209 g/mol. The summed E-state index contributed by atoms with van der Waals surface area (Å²) in [6.45, 7) is 0.293. The van der Waals surface area contributed by atoms with E-state index in [2.05, 4.69) is 9.97 Å². The summed E-state index contributed by atoms with van der Waals surface area (Å²) in [6, 6.07) is 3.73. The van der Waals surface area contributed by atoms with Crippen molar-refractivity contribution >= 4 is 11.0 Å². The molecule has 0 radical (unpaired) electrons. The summed E-state index contributed by atoms with van der Waals surface area (Å²) in [5.41, 5.74) is 6.52. The first-order valence-electron chi connectivity index (χ1n) is 4.87. The predicted molar refractivity (Wildman–Crippen MR) is 59.8 cm³/mol. The van der Waals surface area contributed by atoms with Crippen LogP contribution in [0.15, 0.2) is 36.4 Å². The van der Waals surface area contributed by atoms with Crippen LogP contribution >= 0.6 is 0 Å². The molecule has 3 N–H and O–H groups in total. The van der Waals surface area contributed by atoms with Gasteiger partial charge in [-0.15, -0.1) is 0 Å². The lowest BCUT2D eigenvalue weighted by molar-refractivity contribution is 0.347. The predicted octanol–water partition coefficient (Wildman–Crippen LogP) is 1.75. The second kappa shape index (κ2) is 4.76. The van der Waals surface area contributed by atoms with Gasteiger partial charge in [0, 0.05) is 23.7 Å². The molecule has 0 spiro atoms. The summed E-state index contributed by atoms with van der Waals surface area (Å²) in [5.74, 6) is 0.597. The molecule has 2 aromatic rings. The number of aromatic amines is 1. The summed E-state index contributed by atoms with van der Waals surface area (Å²) in [5, 5.41) is 0.955. The molecule has 2 rings (SSSR count).